The number of aliphatic hydroxyl groups is 3. The van der Waals surface area contributed by atoms with Crippen LogP contribution < -0.4 is 0 Å². The second-order valence-electron chi connectivity index (χ2n) is 6.64. The van der Waals surface area contributed by atoms with Gasteiger partial charge in [0, 0.05) is 6.61 Å². The Balaban J connectivity index is 1.96. The van der Waals surface area contributed by atoms with Gasteiger partial charge in [-0.25, -0.2) is 0 Å². The van der Waals surface area contributed by atoms with Gasteiger partial charge in [-0.05, 0) is 26.2 Å². The first-order valence-electron chi connectivity index (χ1n) is 9.52. The number of ether oxygens (including phenoxy) is 2. The van der Waals surface area contributed by atoms with Crippen LogP contribution in [0.3, 0.4) is 0 Å². The van der Waals surface area contributed by atoms with Gasteiger partial charge in [0.1, 0.15) is 24.4 Å². The third-order valence-electron chi connectivity index (χ3n) is 4.54. The Kier molecular flexibility index (Phi) is 12.4. The fourth-order valence-corrected chi connectivity index (χ4v) is 3.07. The number of hydrogen-bond donors (Lipinski definition) is 3. The molecule has 24 heavy (non-hydrogen) atoms. The molecule has 0 aromatic carbocycles. The van der Waals surface area contributed by atoms with E-state index in [0.29, 0.717) is 6.61 Å². The topological polar surface area (TPSA) is 79.2 Å². The first-order chi connectivity index (χ1) is 11.7. The summed E-state index contributed by atoms with van der Waals surface area (Å²) < 4.78 is 11.0. The monoisotopic (exact) mass is 344 g/mol. The molecule has 142 valence electrons. The molecule has 0 amide bonds. The molecule has 1 rings (SSSR count). The van der Waals surface area contributed by atoms with E-state index in [2.05, 4.69) is 19.1 Å². The zero-order valence-corrected chi connectivity index (χ0v) is 15.1. The number of hydrogen-bond acceptors (Lipinski definition) is 5. The minimum atomic E-state index is -1.00. The largest absolute Gasteiger partial charge is 0.394 e. The van der Waals surface area contributed by atoms with Crippen LogP contribution in [0, 0.1) is 0 Å². The Hall–Kier alpha value is -0.460. The molecule has 1 fully saturated rings. The van der Waals surface area contributed by atoms with Gasteiger partial charge in [-0.15, -0.1) is 0 Å². The van der Waals surface area contributed by atoms with Gasteiger partial charge in [0.05, 0.1) is 13.2 Å². The molecule has 0 unspecified atom stereocenters. The van der Waals surface area contributed by atoms with E-state index in [1.807, 2.05) is 0 Å². The van der Waals surface area contributed by atoms with Gasteiger partial charge in [0.25, 0.3) is 0 Å². The van der Waals surface area contributed by atoms with Crippen LogP contribution in [-0.4, -0.2) is 59.6 Å². The highest BCUT2D eigenvalue weighted by Crippen LogP contribution is 2.21. The molecule has 1 heterocycles. The van der Waals surface area contributed by atoms with Gasteiger partial charge in [0.2, 0.25) is 0 Å². The predicted octanol–water partition coefficient (Wildman–Crippen LogP) is 2.57. The SMILES string of the molecule is C/C=C/CCCCCCCCCCO[C@H]1[C@@H]([C@@H](O)CO)OC[C@H]1O. The molecule has 0 aliphatic carbocycles. The predicted molar refractivity (Wildman–Crippen MR) is 94.9 cm³/mol. The molecule has 0 radical (unpaired) electrons. The van der Waals surface area contributed by atoms with Crippen LogP contribution in [0.15, 0.2) is 12.2 Å². The molecule has 4 atom stereocenters. The second-order valence-corrected chi connectivity index (χ2v) is 6.64. The zero-order chi connectivity index (χ0) is 17.6. The standard InChI is InChI=1S/C19H36O5/c1-2-3-4-5-6-7-8-9-10-11-12-13-23-19-17(22)15-24-18(19)16(21)14-20/h2-3,16-22H,4-15H2,1H3/b3-2+/t16-,17+,18+,19+/m0/s1. The first-order valence-corrected chi connectivity index (χ1v) is 9.52. The smallest absolute Gasteiger partial charge is 0.114 e. The maximum Gasteiger partial charge on any atom is 0.114 e. The van der Waals surface area contributed by atoms with Crippen LogP contribution in [-0.2, 0) is 9.47 Å². The third kappa shape index (κ3) is 8.58. The summed E-state index contributed by atoms with van der Waals surface area (Å²) in [6, 6.07) is 0. The maximum atomic E-state index is 9.83. The molecule has 3 N–H and O–H groups in total. The molecule has 0 aromatic heterocycles. The van der Waals surface area contributed by atoms with Crippen molar-refractivity contribution in [1.82, 2.24) is 0 Å². The molecule has 1 saturated heterocycles. The van der Waals surface area contributed by atoms with Gasteiger partial charge in [0.15, 0.2) is 0 Å². The number of rotatable bonds is 14. The van der Waals surface area contributed by atoms with Crippen molar-refractivity contribution in [2.24, 2.45) is 0 Å². The van der Waals surface area contributed by atoms with Crippen molar-refractivity contribution in [2.45, 2.75) is 89.1 Å². The molecule has 5 heteroatoms. The lowest BCUT2D eigenvalue weighted by atomic mass is 10.1. The summed E-state index contributed by atoms with van der Waals surface area (Å²) in [7, 11) is 0. The van der Waals surface area contributed by atoms with Gasteiger partial charge >= 0.3 is 0 Å². The highest BCUT2D eigenvalue weighted by Gasteiger charge is 2.40. The average Bonchev–Trinajstić information content (AvgIpc) is 2.96. The van der Waals surface area contributed by atoms with E-state index in [-0.39, 0.29) is 13.2 Å². The van der Waals surface area contributed by atoms with E-state index in [0.717, 1.165) is 12.8 Å². The number of unbranched alkanes of at least 4 members (excludes halogenated alkanes) is 8. The van der Waals surface area contributed by atoms with Crippen LogP contribution in [0.1, 0.15) is 64.7 Å². The van der Waals surface area contributed by atoms with Crippen molar-refractivity contribution in [1.29, 1.82) is 0 Å². The Bertz CT molecular complexity index is 321. The van der Waals surface area contributed by atoms with Crippen LogP contribution in [0.5, 0.6) is 0 Å². The first kappa shape index (κ1) is 21.6. The van der Waals surface area contributed by atoms with E-state index < -0.39 is 24.4 Å². The summed E-state index contributed by atoms with van der Waals surface area (Å²) >= 11 is 0. The van der Waals surface area contributed by atoms with Crippen molar-refractivity contribution in [2.75, 3.05) is 19.8 Å². The molecule has 0 aromatic rings. The van der Waals surface area contributed by atoms with Crippen LogP contribution >= 0.6 is 0 Å². The van der Waals surface area contributed by atoms with E-state index >= 15 is 0 Å². The van der Waals surface area contributed by atoms with Crippen molar-refractivity contribution >= 4 is 0 Å². The van der Waals surface area contributed by atoms with Crippen molar-refractivity contribution in [3.63, 3.8) is 0 Å². The second kappa shape index (κ2) is 13.8. The van der Waals surface area contributed by atoms with Crippen molar-refractivity contribution in [3.8, 4) is 0 Å². The summed E-state index contributed by atoms with van der Waals surface area (Å²) in [5.74, 6) is 0. The highest BCUT2D eigenvalue weighted by molar-refractivity contribution is 4.89. The molecule has 1 aliphatic heterocycles. The Morgan fingerprint density at radius 2 is 1.71 bits per heavy atom. The van der Waals surface area contributed by atoms with E-state index in [1.165, 1.54) is 44.9 Å². The lowest BCUT2D eigenvalue weighted by Gasteiger charge is -2.23. The van der Waals surface area contributed by atoms with Crippen molar-refractivity contribution < 1.29 is 24.8 Å². The lowest BCUT2D eigenvalue weighted by molar-refractivity contribution is -0.0938. The normalized spacial score (nSPS) is 25.6. The minimum Gasteiger partial charge on any atom is -0.394 e. The molecule has 1 aliphatic rings. The maximum absolute atomic E-state index is 9.83. The molecule has 0 spiro atoms. The summed E-state index contributed by atoms with van der Waals surface area (Å²) in [5, 5.41) is 28.5. The lowest BCUT2D eigenvalue weighted by Crippen LogP contribution is -2.42. The molecule has 0 saturated carbocycles. The Morgan fingerprint density at radius 1 is 1.08 bits per heavy atom. The zero-order valence-electron chi connectivity index (χ0n) is 15.1. The highest BCUT2D eigenvalue weighted by atomic mass is 16.6. The molecule has 5 nitrogen and oxygen atoms in total. The summed E-state index contributed by atoms with van der Waals surface area (Å²) in [6.45, 7) is 2.40. The number of allylic oxidation sites excluding steroid dienone is 2. The fraction of sp³-hybridized carbons (Fsp3) is 0.895. The summed E-state index contributed by atoms with van der Waals surface area (Å²) in [6.07, 6.45) is 12.5. The summed E-state index contributed by atoms with van der Waals surface area (Å²) in [5.41, 5.74) is 0. The van der Waals surface area contributed by atoms with E-state index in [4.69, 9.17) is 14.6 Å². The van der Waals surface area contributed by atoms with Gasteiger partial charge < -0.3 is 24.8 Å². The average molecular weight is 344 g/mol. The van der Waals surface area contributed by atoms with Crippen LogP contribution in [0.25, 0.3) is 0 Å². The quantitative estimate of drug-likeness (QED) is 0.333. The Morgan fingerprint density at radius 3 is 2.33 bits per heavy atom. The fourth-order valence-electron chi connectivity index (χ4n) is 3.07. The van der Waals surface area contributed by atoms with E-state index in [9.17, 15) is 10.2 Å². The third-order valence-corrected chi connectivity index (χ3v) is 4.54. The minimum absolute atomic E-state index is 0.153. The Labute approximate surface area is 146 Å². The van der Waals surface area contributed by atoms with Gasteiger partial charge in [-0.2, -0.15) is 0 Å². The van der Waals surface area contributed by atoms with Gasteiger partial charge in [-0.1, -0.05) is 50.7 Å². The summed E-state index contributed by atoms with van der Waals surface area (Å²) in [4.78, 5) is 0. The number of aliphatic hydroxyl groups excluding tert-OH is 3. The van der Waals surface area contributed by atoms with Crippen LogP contribution in [0.4, 0.5) is 0 Å². The molecular weight excluding hydrogens is 308 g/mol. The van der Waals surface area contributed by atoms with Crippen molar-refractivity contribution in [3.05, 3.63) is 12.2 Å². The van der Waals surface area contributed by atoms with Gasteiger partial charge in [-0.3, -0.25) is 0 Å². The molecular formula is C19H36O5. The van der Waals surface area contributed by atoms with Crippen LogP contribution in [0.2, 0.25) is 0 Å². The molecule has 0 bridgehead atoms. The van der Waals surface area contributed by atoms with E-state index in [1.54, 1.807) is 0 Å².